The Labute approximate surface area is 169 Å². The van der Waals surface area contributed by atoms with Crippen LogP contribution in [0.1, 0.15) is 42.0 Å². The van der Waals surface area contributed by atoms with E-state index in [1.165, 1.54) is 12.4 Å². The molecule has 0 aliphatic rings. The lowest BCUT2D eigenvalue weighted by atomic mass is 10.2. The van der Waals surface area contributed by atoms with E-state index in [9.17, 15) is 9.59 Å². The van der Waals surface area contributed by atoms with Crippen molar-refractivity contribution in [3.63, 3.8) is 0 Å². The number of hydrogen-bond donors (Lipinski definition) is 4. The average Bonchev–Trinajstić information content (AvgIpc) is 2.70. The molecule has 2 aromatic rings. The zero-order chi connectivity index (χ0) is 20.7. The lowest BCUT2D eigenvalue weighted by Gasteiger charge is -2.05. The highest BCUT2D eigenvalue weighted by molar-refractivity contribution is 6.32. The van der Waals surface area contributed by atoms with Crippen molar-refractivity contribution in [1.29, 1.82) is 0 Å². The SMILES string of the molecule is C.CCOC(=O)c1cccnc1Cl.CCOC(=O)c1cccnc1NN.NN. The van der Waals surface area contributed by atoms with Gasteiger partial charge in [-0.25, -0.2) is 25.4 Å². The van der Waals surface area contributed by atoms with Crippen LogP contribution in [-0.2, 0) is 9.47 Å². The normalized spacial score (nSPS) is 8.64. The van der Waals surface area contributed by atoms with E-state index in [0.29, 0.717) is 30.2 Å². The van der Waals surface area contributed by atoms with Gasteiger partial charge in [0.1, 0.15) is 10.7 Å². The molecular formula is C17H27ClN6O4. The van der Waals surface area contributed by atoms with E-state index in [1.807, 2.05) is 0 Å². The minimum absolute atomic E-state index is 0. The third kappa shape index (κ3) is 9.24. The molecule has 0 aliphatic heterocycles. The number of nitrogen functional groups attached to an aromatic ring is 1. The quantitative estimate of drug-likeness (QED) is 0.245. The van der Waals surface area contributed by atoms with Gasteiger partial charge in [-0.1, -0.05) is 19.0 Å². The molecule has 0 unspecified atom stereocenters. The zero-order valence-electron chi connectivity index (χ0n) is 15.0. The molecule has 11 heteroatoms. The van der Waals surface area contributed by atoms with Crippen LogP contribution in [0.2, 0.25) is 5.15 Å². The van der Waals surface area contributed by atoms with E-state index in [0.717, 1.165) is 0 Å². The van der Waals surface area contributed by atoms with E-state index < -0.39 is 11.9 Å². The van der Waals surface area contributed by atoms with E-state index in [-0.39, 0.29) is 12.6 Å². The first kappa shape index (κ1) is 27.4. The van der Waals surface area contributed by atoms with Crippen LogP contribution in [-0.4, -0.2) is 35.1 Å². The third-order valence-corrected chi connectivity index (χ3v) is 3.00. The van der Waals surface area contributed by atoms with Gasteiger partial charge in [0.25, 0.3) is 0 Å². The van der Waals surface area contributed by atoms with E-state index in [2.05, 4.69) is 27.1 Å². The molecule has 2 rings (SSSR count). The number of pyridine rings is 2. The zero-order valence-corrected chi connectivity index (χ0v) is 15.8. The molecule has 10 nitrogen and oxygen atoms in total. The van der Waals surface area contributed by atoms with Crippen LogP contribution in [0.4, 0.5) is 5.82 Å². The molecule has 0 radical (unpaired) electrons. The number of carbonyl (C=O) groups is 2. The fourth-order valence-electron chi connectivity index (χ4n) is 1.64. The van der Waals surface area contributed by atoms with Crippen molar-refractivity contribution in [2.75, 3.05) is 18.6 Å². The maximum atomic E-state index is 11.3. The Hall–Kier alpha value is -2.79. The van der Waals surface area contributed by atoms with Crippen molar-refractivity contribution in [3.05, 3.63) is 52.9 Å². The Morgan fingerprint density at radius 2 is 1.46 bits per heavy atom. The minimum Gasteiger partial charge on any atom is -0.462 e. The molecule has 28 heavy (non-hydrogen) atoms. The third-order valence-electron chi connectivity index (χ3n) is 2.69. The first-order valence-corrected chi connectivity index (χ1v) is 8.12. The number of hydrazine groups is 2. The maximum absolute atomic E-state index is 11.3. The molecule has 7 N–H and O–H groups in total. The average molecular weight is 415 g/mol. The summed E-state index contributed by atoms with van der Waals surface area (Å²) in [5.74, 6) is 12.6. The van der Waals surface area contributed by atoms with Gasteiger partial charge in [0.05, 0.1) is 18.8 Å². The monoisotopic (exact) mass is 414 g/mol. The topological polar surface area (TPSA) is 168 Å². The maximum Gasteiger partial charge on any atom is 0.341 e. The van der Waals surface area contributed by atoms with Gasteiger partial charge in [-0.15, -0.1) is 0 Å². The number of carbonyl (C=O) groups excluding carboxylic acids is 2. The van der Waals surface area contributed by atoms with Gasteiger partial charge >= 0.3 is 11.9 Å². The molecule has 0 saturated heterocycles. The second-order valence-corrected chi connectivity index (χ2v) is 4.68. The Balaban J connectivity index is 0. The van der Waals surface area contributed by atoms with Crippen LogP contribution >= 0.6 is 11.6 Å². The molecule has 2 heterocycles. The van der Waals surface area contributed by atoms with Gasteiger partial charge in [0.15, 0.2) is 5.82 Å². The minimum atomic E-state index is -0.435. The largest absolute Gasteiger partial charge is 0.462 e. The van der Waals surface area contributed by atoms with Crippen LogP contribution in [0.3, 0.4) is 0 Å². The predicted octanol–water partition coefficient (Wildman–Crippen LogP) is 1.91. The molecular weight excluding hydrogens is 388 g/mol. The first-order valence-electron chi connectivity index (χ1n) is 7.74. The van der Waals surface area contributed by atoms with Crippen molar-refractivity contribution >= 4 is 29.4 Å². The van der Waals surface area contributed by atoms with Gasteiger partial charge in [0, 0.05) is 12.4 Å². The Morgan fingerprint density at radius 1 is 1.00 bits per heavy atom. The molecule has 0 aromatic carbocycles. The van der Waals surface area contributed by atoms with Gasteiger partial charge in [-0.3, -0.25) is 11.7 Å². The molecule has 156 valence electrons. The predicted molar refractivity (Wildman–Crippen MR) is 108 cm³/mol. The van der Waals surface area contributed by atoms with Gasteiger partial charge in [-0.2, -0.15) is 0 Å². The van der Waals surface area contributed by atoms with Crippen LogP contribution in [0.5, 0.6) is 0 Å². The van der Waals surface area contributed by atoms with Crippen LogP contribution in [0, 0.1) is 0 Å². The fourth-order valence-corrected chi connectivity index (χ4v) is 1.84. The summed E-state index contributed by atoms with van der Waals surface area (Å²) in [5, 5.41) is 0.177. The van der Waals surface area contributed by atoms with Crippen LogP contribution < -0.4 is 23.0 Å². The summed E-state index contributed by atoms with van der Waals surface area (Å²) >= 11 is 5.64. The van der Waals surface area contributed by atoms with Crippen molar-refractivity contribution in [2.24, 2.45) is 17.5 Å². The van der Waals surface area contributed by atoms with E-state index in [1.54, 1.807) is 38.1 Å². The molecule has 0 saturated carbocycles. The Bertz CT molecular complexity index is 718. The highest BCUT2D eigenvalue weighted by Crippen LogP contribution is 2.12. The van der Waals surface area contributed by atoms with Crippen molar-refractivity contribution in [3.8, 4) is 0 Å². The summed E-state index contributed by atoms with van der Waals surface area (Å²) in [7, 11) is 0. The number of nitrogens with one attached hydrogen (secondary N) is 1. The van der Waals surface area contributed by atoms with Crippen LogP contribution in [0.15, 0.2) is 36.7 Å². The summed E-state index contributed by atoms with van der Waals surface area (Å²) in [6, 6.07) is 6.46. The Kier molecular flexibility index (Phi) is 16.1. The van der Waals surface area contributed by atoms with Gasteiger partial charge in [0.2, 0.25) is 0 Å². The number of rotatable bonds is 5. The van der Waals surface area contributed by atoms with Crippen molar-refractivity contribution in [1.82, 2.24) is 9.97 Å². The lowest BCUT2D eigenvalue weighted by molar-refractivity contribution is 0.0517. The second kappa shape index (κ2) is 16.4. The number of nitrogens with two attached hydrogens (primary N) is 3. The second-order valence-electron chi connectivity index (χ2n) is 4.33. The standard InChI is InChI=1S/C8H8ClNO2.C8H11N3O2.CH4.H4N2/c1-2-12-8(11)6-4-3-5-10-7(6)9;1-2-13-8(12)6-4-3-5-10-7(6)11-9;;1-2/h3-5H,2H2,1H3;3-5H,2,9H2,1H3,(H,10,11);1H4;1-2H2. The molecule has 0 aliphatic carbocycles. The molecule has 2 aromatic heterocycles. The van der Waals surface area contributed by atoms with Gasteiger partial charge in [-0.05, 0) is 38.1 Å². The van der Waals surface area contributed by atoms with Crippen molar-refractivity contribution < 1.29 is 19.1 Å². The van der Waals surface area contributed by atoms with Crippen LogP contribution in [0.25, 0.3) is 0 Å². The summed E-state index contributed by atoms with van der Waals surface area (Å²) in [6.45, 7) is 4.15. The summed E-state index contributed by atoms with van der Waals surface area (Å²) in [4.78, 5) is 30.0. The number of hydrogen-bond acceptors (Lipinski definition) is 10. The number of esters is 2. The number of ether oxygens (including phenoxy) is 2. The number of halogens is 1. The lowest BCUT2D eigenvalue weighted by Crippen LogP contribution is -2.15. The smallest absolute Gasteiger partial charge is 0.341 e. The fraction of sp³-hybridized carbons (Fsp3) is 0.294. The summed E-state index contributed by atoms with van der Waals surface area (Å²) in [5.41, 5.74) is 2.97. The number of anilines is 1. The highest BCUT2D eigenvalue weighted by Gasteiger charge is 2.11. The van der Waals surface area contributed by atoms with E-state index in [4.69, 9.17) is 26.9 Å². The van der Waals surface area contributed by atoms with Gasteiger partial charge < -0.3 is 14.9 Å². The molecule has 0 bridgehead atoms. The van der Waals surface area contributed by atoms with Crippen molar-refractivity contribution in [2.45, 2.75) is 21.3 Å². The summed E-state index contributed by atoms with van der Waals surface area (Å²) < 4.78 is 9.54. The molecule has 0 fully saturated rings. The highest BCUT2D eigenvalue weighted by atomic mass is 35.5. The Morgan fingerprint density at radius 3 is 1.93 bits per heavy atom. The number of aromatic nitrogens is 2. The number of nitrogens with zero attached hydrogens (tertiary/aromatic N) is 2. The summed E-state index contributed by atoms with van der Waals surface area (Å²) in [6.07, 6.45) is 3.06. The molecule has 0 atom stereocenters. The first-order chi connectivity index (χ1) is 13.0. The molecule has 0 spiro atoms. The molecule has 0 amide bonds. The van der Waals surface area contributed by atoms with E-state index >= 15 is 0 Å².